The summed E-state index contributed by atoms with van der Waals surface area (Å²) in [6, 6.07) is 1.81. The minimum Gasteiger partial charge on any atom is -0.504 e. The topological polar surface area (TPSA) is 198 Å². The van der Waals surface area contributed by atoms with Crippen molar-refractivity contribution in [2.24, 2.45) is 5.92 Å². The Morgan fingerprint density at radius 1 is 1.14 bits per heavy atom. The van der Waals surface area contributed by atoms with Gasteiger partial charge in [-0.1, -0.05) is 13.8 Å². The van der Waals surface area contributed by atoms with Crippen molar-refractivity contribution in [3.63, 3.8) is 0 Å². The zero-order chi connectivity index (χ0) is 22.1. The van der Waals surface area contributed by atoms with Gasteiger partial charge >= 0.3 is 11.9 Å². The molecule has 0 aliphatic carbocycles. The van der Waals surface area contributed by atoms with Gasteiger partial charge in [-0.15, -0.1) is 20.2 Å². The number of hydrogen-bond acceptors (Lipinski definition) is 12. The van der Waals surface area contributed by atoms with E-state index < -0.39 is 64.6 Å². The van der Waals surface area contributed by atoms with Crippen molar-refractivity contribution in [2.75, 3.05) is 13.2 Å². The Morgan fingerprint density at radius 2 is 1.79 bits per heavy atom. The maximum atomic E-state index is 12.1. The lowest BCUT2D eigenvalue weighted by Crippen LogP contribution is -2.26. The molecule has 0 aliphatic rings. The quantitative estimate of drug-likeness (QED) is 0.170. The first-order valence-electron chi connectivity index (χ1n) is 8.04. The molecule has 0 radical (unpaired) electrons. The van der Waals surface area contributed by atoms with Crippen LogP contribution in [0.15, 0.2) is 12.1 Å². The third-order valence-electron chi connectivity index (χ3n) is 3.25. The summed E-state index contributed by atoms with van der Waals surface area (Å²) < 4.78 is 9.74. The van der Waals surface area contributed by atoms with Crippen LogP contribution in [-0.4, -0.2) is 51.6 Å². The van der Waals surface area contributed by atoms with Gasteiger partial charge in [-0.05, 0) is 12.1 Å². The SMILES string of the molecule is CC(C)C(=O)Oc1cc(C(=O)OCCC(CO[N+](=O)[O-])O[N+](=O)[O-])cc(O)c1O. The molecular weight excluding hydrogens is 400 g/mol. The number of phenols is 2. The van der Waals surface area contributed by atoms with Gasteiger partial charge in [-0.2, -0.15) is 0 Å². The summed E-state index contributed by atoms with van der Waals surface area (Å²) in [6.07, 6.45) is -1.70. The van der Waals surface area contributed by atoms with Crippen molar-refractivity contribution in [1.29, 1.82) is 0 Å². The average molecular weight is 418 g/mol. The van der Waals surface area contributed by atoms with Crippen molar-refractivity contribution in [3.8, 4) is 17.2 Å². The fourth-order valence-corrected chi connectivity index (χ4v) is 1.81. The smallest absolute Gasteiger partial charge is 0.338 e. The molecule has 1 rings (SSSR count). The van der Waals surface area contributed by atoms with Crippen molar-refractivity contribution in [2.45, 2.75) is 26.4 Å². The Labute approximate surface area is 162 Å². The fraction of sp³-hybridized carbons (Fsp3) is 0.467. The molecule has 1 aromatic carbocycles. The fourth-order valence-electron chi connectivity index (χ4n) is 1.81. The normalized spacial score (nSPS) is 11.4. The Hall–Kier alpha value is -3.84. The second-order valence-corrected chi connectivity index (χ2v) is 5.81. The van der Waals surface area contributed by atoms with E-state index in [1.807, 2.05) is 0 Å². The van der Waals surface area contributed by atoms with E-state index in [0.29, 0.717) is 0 Å². The Bertz CT molecular complexity index is 779. The maximum Gasteiger partial charge on any atom is 0.338 e. The number of phenolic OH excluding ortho intramolecular Hbond substituents is 2. The molecule has 0 amide bonds. The van der Waals surface area contributed by atoms with Gasteiger partial charge in [0.25, 0.3) is 10.2 Å². The van der Waals surface area contributed by atoms with E-state index in [9.17, 15) is 40.0 Å². The Kier molecular flexibility index (Phi) is 8.39. The second-order valence-electron chi connectivity index (χ2n) is 5.81. The van der Waals surface area contributed by atoms with Crippen molar-refractivity contribution >= 4 is 11.9 Å². The molecule has 29 heavy (non-hydrogen) atoms. The summed E-state index contributed by atoms with van der Waals surface area (Å²) in [5.74, 6) is -4.28. The molecule has 1 atom stereocenters. The van der Waals surface area contributed by atoms with Crippen LogP contribution in [0.3, 0.4) is 0 Å². The molecule has 0 spiro atoms. The molecule has 0 saturated heterocycles. The van der Waals surface area contributed by atoms with Gasteiger partial charge in [-0.25, -0.2) is 4.79 Å². The largest absolute Gasteiger partial charge is 0.504 e. The van der Waals surface area contributed by atoms with Crippen LogP contribution in [0.4, 0.5) is 0 Å². The van der Waals surface area contributed by atoms with E-state index in [-0.39, 0.29) is 12.0 Å². The average Bonchev–Trinajstić information content (AvgIpc) is 2.62. The van der Waals surface area contributed by atoms with E-state index in [1.54, 1.807) is 0 Å². The van der Waals surface area contributed by atoms with Gasteiger partial charge in [0.15, 0.2) is 11.5 Å². The molecule has 0 aliphatic heterocycles. The van der Waals surface area contributed by atoms with Crippen LogP contribution in [0.25, 0.3) is 0 Å². The van der Waals surface area contributed by atoms with Gasteiger partial charge < -0.3 is 29.4 Å². The maximum absolute atomic E-state index is 12.1. The lowest BCUT2D eigenvalue weighted by Gasteiger charge is -2.14. The van der Waals surface area contributed by atoms with Gasteiger partial charge in [-0.3, -0.25) is 4.79 Å². The predicted molar refractivity (Wildman–Crippen MR) is 90.0 cm³/mol. The minimum atomic E-state index is -1.38. The molecule has 1 unspecified atom stereocenters. The summed E-state index contributed by atoms with van der Waals surface area (Å²) in [5.41, 5.74) is -0.292. The number of esters is 2. The molecule has 0 saturated carbocycles. The van der Waals surface area contributed by atoms with Crippen molar-refractivity contribution in [3.05, 3.63) is 37.9 Å². The molecule has 14 nitrogen and oxygen atoms in total. The number of hydrogen-bond donors (Lipinski definition) is 2. The number of nitrogens with zero attached hydrogens (tertiary/aromatic N) is 2. The number of carbonyl (C=O) groups is 2. The number of aromatic hydroxyl groups is 2. The monoisotopic (exact) mass is 418 g/mol. The molecule has 14 heteroatoms. The lowest BCUT2D eigenvalue weighted by atomic mass is 10.1. The van der Waals surface area contributed by atoms with Crippen LogP contribution < -0.4 is 4.74 Å². The molecule has 0 fully saturated rings. The molecule has 0 heterocycles. The van der Waals surface area contributed by atoms with Gasteiger partial charge in [0.1, 0.15) is 12.7 Å². The summed E-state index contributed by atoms with van der Waals surface area (Å²) in [4.78, 5) is 52.4. The standard InChI is InChI=1S/C15H18N2O12/c1-8(2)14(20)28-12-6-9(5-11(18)13(12)19)15(21)26-4-3-10(29-17(24)25)7-27-16(22)23/h5-6,8,10,18-19H,3-4,7H2,1-2H3. The van der Waals surface area contributed by atoms with E-state index in [1.165, 1.54) is 13.8 Å². The van der Waals surface area contributed by atoms with Crippen LogP contribution in [0.1, 0.15) is 30.6 Å². The zero-order valence-electron chi connectivity index (χ0n) is 15.3. The summed E-state index contributed by atoms with van der Waals surface area (Å²) >= 11 is 0. The summed E-state index contributed by atoms with van der Waals surface area (Å²) in [5, 5.41) is 37.6. The van der Waals surface area contributed by atoms with Crippen LogP contribution in [0.5, 0.6) is 17.2 Å². The van der Waals surface area contributed by atoms with Crippen LogP contribution >= 0.6 is 0 Å². The lowest BCUT2D eigenvalue weighted by molar-refractivity contribution is -0.790. The molecule has 0 bridgehead atoms. The first-order chi connectivity index (χ1) is 13.5. The molecule has 1 aromatic rings. The second kappa shape index (κ2) is 10.5. The van der Waals surface area contributed by atoms with E-state index in [2.05, 4.69) is 9.68 Å². The Morgan fingerprint density at radius 3 is 2.34 bits per heavy atom. The molecule has 160 valence electrons. The third-order valence-corrected chi connectivity index (χ3v) is 3.25. The molecular formula is C15H18N2O12. The van der Waals surface area contributed by atoms with E-state index >= 15 is 0 Å². The summed E-state index contributed by atoms with van der Waals surface area (Å²) in [6.45, 7) is 1.84. The molecule has 2 N–H and O–H groups in total. The zero-order valence-corrected chi connectivity index (χ0v) is 15.3. The molecule has 0 aromatic heterocycles. The number of benzene rings is 1. The first-order valence-corrected chi connectivity index (χ1v) is 8.04. The van der Waals surface area contributed by atoms with Crippen LogP contribution in [0, 0.1) is 26.1 Å². The van der Waals surface area contributed by atoms with E-state index in [4.69, 9.17) is 9.47 Å². The number of rotatable bonds is 11. The number of ether oxygens (including phenoxy) is 2. The summed E-state index contributed by atoms with van der Waals surface area (Å²) in [7, 11) is 0. The highest BCUT2D eigenvalue weighted by Crippen LogP contribution is 2.37. The highest BCUT2D eigenvalue weighted by molar-refractivity contribution is 5.91. The van der Waals surface area contributed by atoms with Crippen LogP contribution in [0.2, 0.25) is 0 Å². The third kappa shape index (κ3) is 7.74. The van der Waals surface area contributed by atoms with Gasteiger partial charge in [0.05, 0.1) is 18.1 Å². The van der Waals surface area contributed by atoms with Crippen LogP contribution in [-0.2, 0) is 19.2 Å². The van der Waals surface area contributed by atoms with Gasteiger partial charge in [0, 0.05) is 6.42 Å². The van der Waals surface area contributed by atoms with E-state index in [0.717, 1.165) is 12.1 Å². The highest BCUT2D eigenvalue weighted by Gasteiger charge is 2.21. The van der Waals surface area contributed by atoms with Crippen molar-refractivity contribution in [1.82, 2.24) is 0 Å². The first kappa shape index (κ1) is 23.2. The van der Waals surface area contributed by atoms with Crippen molar-refractivity contribution < 1.29 is 49.1 Å². The minimum absolute atomic E-state index is 0.292. The highest BCUT2D eigenvalue weighted by atomic mass is 17.0. The Balaban J connectivity index is 2.77. The predicted octanol–water partition coefficient (Wildman–Crippen LogP) is 0.991. The number of carbonyl (C=O) groups excluding carboxylic acids is 2. The van der Waals surface area contributed by atoms with Gasteiger partial charge in [0.2, 0.25) is 5.75 Å².